The molecule has 17 heavy (non-hydrogen) atoms. The van der Waals surface area contributed by atoms with Gasteiger partial charge in [0, 0.05) is 23.5 Å². The summed E-state index contributed by atoms with van der Waals surface area (Å²) in [5.41, 5.74) is 7.42. The van der Waals surface area contributed by atoms with Gasteiger partial charge in [-0.15, -0.1) is 0 Å². The number of nitrogens with two attached hydrogens (primary N) is 1. The van der Waals surface area contributed by atoms with Crippen LogP contribution in [0.1, 0.15) is 6.92 Å². The summed E-state index contributed by atoms with van der Waals surface area (Å²) in [5.74, 6) is 0. The van der Waals surface area contributed by atoms with E-state index in [2.05, 4.69) is 17.3 Å². The van der Waals surface area contributed by atoms with Crippen LogP contribution in [-0.4, -0.2) is 15.8 Å². The number of nitrogens with zero attached hydrogens (tertiary/aromatic N) is 2. The van der Waals surface area contributed by atoms with E-state index in [9.17, 15) is 0 Å². The summed E-state index contributed by atoms with van der Waals surface area (Å²) >= 11 is 5.93. The Labute approximate surface area is 105 Å². The molecule has 0 aliphatic carbocycles. The Bertz CT molecular complexity index is 481. The molecule has 0 saturated heterocycles. The van der Waals surface area contributed by atoms with Crippen LogP contribution in [0.3, 0.4) is 0 Å². The maximum absolute atomic E-state index is 5.93. The zero-order chi connectivity index (χ0) is 12.3. The first kappa shape index (κ1) is 11.8. The number of hydrogen-bond acceptors (Lipinski definition) is 3. The second kappa shape index (κ2) is 5.10. The van der Waals surface area contributed by atoms with Crippen LogP contribution in [0.15, 0.2) is 36.7 Å². The number of rotatable bonds is 4. The van der Waals surface area contributed by atoms with E-state index < -0.39 is 0 Å². The molecule has 1 atom stereocenters. The van der Waals surface area contributed by atoms with Crippen molar-refractivity contribution in [2.45, 2.75) is 19.5 Å². The highest BCUT2D eigenvalue weighted by molar-refractivity contribution is 6.31. The van der Waals surface area contributed by atoms with Gasteiger partial charge < -0.3 is 11.1 Å². The van der Waals surface area contributed by atoms with E-state index >= 15 is 0 Å². The molecule has 0 amide bonds. The van der Waals surface area contributed by atoms with Crippen LogP contribution < -0.4 is 11.1 Å². The standard InChI is InChI=1S/C12H15ClN4/c1-9(8-17-6-2-5-15-17)16-12-7-10(13)3-4-11(12)14/h2-7,9,16H,8,14H2,1H3. The molecule has 0 bridgehead atoms. The summed E-state index contributed by atoms with van der Waals surface area (Å²) in [7, 11) is 0. The Morgan fingerprint density at radius 2 is 2.35 bits per heavy atom. The third-order valence-corrected chi connectivity index (χ3v) is 2.67. The summed E-state index contributed by atoms with van der Waals surface area (Å²) in [5, 5.41) is 8.15. The molecule has 0 fully saturated rings. The van der Waals surface area contributed by atoms with Crippen molar-refractivity contribution < 1.29 is 0 Å². The molecule has 1 aromatic heterocycles. The highest BCUT2D eigenvalue weighted by Crippen LogP contribution is 2.23. The molecule has 1 unspecified atom stereocenters. The van der Waals surface area contributed by atoms with Gasteiger partial charge in [-0.1, -0.05) is 11.6 Å². The minimum Gasteiger partial charge on any atom is -0.397 e. The fraction of sp³-hybridized carbons (Fsp3) is 0.250. The number of nitrogen functional groups attached to an aromatic ring is 1. The van der Waals surface area contributed by atoms with Crippen LogP contribution in [0.2, 0.25) is 5.02 Å². The second-order valence-electron chi connectivity index (χ2n) is 4.01. The summed E-state index contributed by atoms with van der Waals surface area (Å²) in [4.78, 5) is 0. The predicted octanol–water partition coefficient (Wildman–Crippen LogP) is 2.62. The summed E-state index contributed by atoms with van der Waals surface area (Å²) in [6.07, 6.45) is 3.69. The van der Waals surface area contributed by atoms with E-state index in [1.54, 1.807) is 18.3 Å². The van der Waals surface area contributed by atoms with Gasteiger partial charge in [-0.05, 0) is 31.2 Å². The molecule has 2 rings (SSSR count). The maximum atomic E-state index is 5.93. The Balaban J connectivity index is 2.02. The van der Waals surface area contributed by atoms with Crippen molar-refractivity contribution in [2.24, 2.45) is 0 Å². The minimum absolute atomic E-state index is 0.218. The zero-order valence-electron chi connectivity index (χ0n) is 9.60. The van der Waals surface area contributed by atoms with Crippen molar-refractivity contribution in [2.75, 3.05) is 11.1 Å². The van der Waals surface area contributed by atoms with Gasteiger partial charge in [-0.3, -0.25) is 4.68 Å². The first-order valence-electron chi connectivity index (χ1n) is 5.44. The van der Waals surface area contributed by atoms with Crippen LogP contribution in [0, 0.1) is 0 Å². The molecule has 0 aliphatic heterocycles. The number of anilines is 2. The van der Waals surface area contributed by atoms with Crippen LogP contribution in [0.25, 0.3) is 0 Å². The molecule has 0 radical (unpaired) electrons. The largest absolute Gasteiger partial charge is 0.397 e. The van der Waals surface area contributed by atoms with Crippen molar-refractivity contribution >= 4 is 23.0 Å². The lowest BCUT2D eigenvalue weighted by Gasteiger charge is -2.17. The van der Waals surface area contributed by atoms with Gasteiger partial charge in [0.15, 0.2) is 0 Å². The van der Waals surface area contributed by atoms with Crippen LogP contribution in [0.4, 0.5) is 11.4 Å². The van der Waals surface area contributed by atoms with Gasteiger partial charge in [0.05, 0.1) is 17.9 Å². The third-order valence-electron chi connectivity index (χ3n) is 2.44. The van der Waals surface area contributed by atoms with Crippen molar-refractivity contribution in [3.05, 3.63) is 41.7 Å². The Morgan fingerprint density at radius 3 is 3.06 bits per heavy atom. The van der Waals surface area contributed by atoms with E-state index in [1.807, 2.05) is 23.0 Å². The number of aromatic nitrogens is 2. The Morgan fingerprint density at radius 1 is 1.53 bits per heavy atom. The number of hydrogen-bond donors (Lipinski definition) is 2. The summed E-state index contributed by atoms with van der Waals surface area (Å²) < 4.78 is 1.87. The highest BCUT2D eigenvalue weighted by atomic mass is 35.5. The van der Waals surface area contributed by atoms with Crippen molar-refractivity contribution in [1.82, 2.24) is 9.78 Å². The molecule has 1 aromatic carbocycles. The van der Waals surface area contributed by atoms with Crippen molar-refractivity contribution in [1.29, 1.82) is 0 Å². The normalized spacial score (nSPS) is 12.4. The lowest BCUT2D eigenvalue weighted by Crippen LogP contribution is -2.22. The first-order valence-corrected chi connectivity index (χ1v) is 5.82. The number of nitrogens with one attached hydrogen (secondary N) is 1. The van der Waals surface area contributed by atoms with E-state index in [1.165, 1.54) is 0 Å². The quantitative estimate of drug-likeness (QED) is 0.821. The van der Waals surface area contributed by atoms with Crippen LogP contribution in [-0.2, 0) is 6.54 Å². The number of benzene rings is 1. The Kier molecular flexibility index (Phi) is 3.54. The first-order chi connectivity index (χ1) is 8.15. The van der Waals surface area contributed by atoms with Gasteiger partial charge >= 0.3 is 0 Å². The molecule has 4 nitrogen and oxygen atoms in total. The smallest absolute Gasteiger partial charge is 0.0608 e. The molecule has 0 aliphatic rings. The van der Waals surface area contributed by atoms with E-state index in [4.69, 9.17) is 17.3 Å². The highest BCUT2D eigenvalue weighted by Gasteiger charge is 2.06. The number of halogens is 1. The monoisotopic (exact) mass is 250 g/mol. The molecule has 1 heterocycles. The fourth-order valence-corrected chi connectivity index (χ4v) is 1.83. The third kappa shape index (κ3) is 3.14. The van der Waals surface area contributed by atoms with Crippen LogP contribution in [0.5, 0.6) is 0 Å². The van der Waals surface area contributed by atoms with Gasteiger partial charge in [0.25, 0.3) is 0 Å². The average Bonchev–Trinajstić information content (AvgIpc) is 2.76. The van der Waals surface area contributed by atoms with E-state index in [0.717, 1.165) is 12.2 Å². The zero-order valence-corrected chi connectivity index (χ0v) is 10.4. The lowest BCUT2D eigenvalue weighted by atomic mass is 10.2. The molecule has 0 spiro atoms. The molecular weight excluding hydrogens is 236 g/mol. The lowest BCUT2D eigenvalue weighted by molar-refractivity contribution is 0.561. The topological polar surface area (TPSA) is 55.9 Å². The maximum Gasteiger partial charge on any atom is 0.0608 e. The molecule has 0 saturated carbocycles. The summed E-state index contributed by atoms with van der Waals surface area (Å²) in [6.45, 7) is 2.85. The van der Waals surface area contributed by atoms with Gasteiger partial charge in [0.2, 0.25) is 0 Å². The molecule has 5 heteroatoms. The Hall–Kier alpha value is -1.68. The molecule has 90 valence electrons. The van der Waals surface area contributed by atoms with Crippen molar-refractivity contribution in [3.63, 3.8) is 0 Å². The second-order valence-corrected chi connectivity index (χ2v) is 4.44. The van der Waals surface area contributed by atoms with Gasteiger partial charge in [0.1, 0.15) is 0 Å². The molecular formula is C12H15ClN4. The molecule has 2 aromatic rings. The van der Waals surface area contributed by atoms with Crippen LogP contribution >= 0.6 is 11.6 Å². The fourth-order valence-electron chi connectivity index (χ4n) is 1.65. The van der Waals surface area contributed by atoms with Crippen molar-refractivity contribution in [3.8, 4) is 0 Å². The van der Waals surface area contributed by atoms with Gasteiger partial charge in [-0.2, -0.15) is 5.10 Å². The summed E-state index contributed by atoms with van der Waals surface area (Å²) in [6, 6.07) is 7.53. The average molecular weight is 251 g/mol. The minimum atomic E-state index is 0.218. The molecule has 3 N–H and O–H groups in total. The van der Waals surface area contributed by atoms with E-state index in [-0.39, 0.29) is 6.04 Å². The van der Waals surface area contributed by atoms with Gasteiger partial charge in [-0.25, -0.2) is 0 Å². The predicted molar refractivity (Wildman–Crippen MR) is 71.2 cm³/mol. The SMILES string of the molecule is CC(Cn1cccn1)Nc1cc(Cl)ccc1N. The van der Waals surface area contributed by atoms with E-state index in [0.29, 0.717) is 10.7 Å².